The van der Waals surface area contributed by atoms with Gasteiger partial charge in [-0.1, -0.05) is 15.9 Å². The molecule has 0 aliphatic heterocycles. The van der Waals surface area contributed by atoms with E-state index in [2.05, 4.69) is 29.8 Å². The lowest BCUT2D eigenvalue weighted by Gasteiger charge is -2.23. The number of rotatable bonds is 6. The zero-order valence-corrected chi connectivity index (χ0v) is 12.5. The highest BCUT2D eigenvalue weighted by atomic mass is 79.9. The van der Waals surface area contributed by atoms with Crippen molar-refractivity contribution in [2.75, 3.05) is 0 Å². The molecule has 78 valence electrons. The number of Topliss-reactive ketones (excluding diaryl/α,β-unsaturated/α-hetero) is 1. The number of hydrogen-bond acceptors (Lipinski definition) is 2. The van der Waals surface area contributed by atoms with Crippen molar-refractivity contribution in [1.29, 1.82) is 0 Å². The fourth-order valence-electron chi connectivity index (χ4n) is 0.989. The Kier molecular flexibility index (Phi) is 6.08. The second-order valence-electron chi connectivity index (χ2n) is 3.90. The Morgan fingerprint density at radius 1 is 1.62 bits per heavy atom. The molecule has 0 fully saturated rings. The maximum Gasteiger partial charge on any atom is 0.146 e. The Labute approximate surface area is 92.1 Å². The molecular formula is C9H19BrO2Si. The van der Waals surface area contributed by atoms with E-state index < -0.39 is 0 Å². The van der Waals surface area contributed by atoms with Gasteiger partial charge in [-0.25, -0.2) is 0 Å². The SMILES string of the molecule is CC(Br)C(=O)CCCC(C)(C)O[SiH3]. The fourth-order valence-corrected chi connectivity index (χ4v) is 1.42. The van der Waals surface area contributed by atoms with Crippen LogP contribution in [0.1, 0.15) is 40.0 Å². The molecule has 0 aromatic heterocycles. The summed E-state index contributed by atoms with van der Waals surface area (Å²) in [6, 6.07) is 0. The van der Waals surface area contributed by atoms with Crippen LogP contribution >= 0.6 is 15.9 Å². The van der Waals surface area contributed by atoms with Crippen molar-refractivity contribution in [2.24, 2.45) is 0 Å². The molecular weight excluding hydrogens is 248 g/mol. The van der Waals surface area contributed by atoms with Gasteiger partial charge in [0.1, 0.15) is 16.3 Å². The molecule has 0 N–H and O–H groups in total. The Morgan fingerprint density at radius 3 is 2.54 bits per heavy atom. The lowest BCUT2D eigenvalue weighted by Crippen LogP contribution is -2.23. The van der Waals surface area contributed by atoms with Gasteiger partial charge < -0.3 is 4.43 Å². The second kappa shape index (κ2) is 5.93. The fraction of sp³-hybridized carbons (Fsp3) is 0.889. The third-order valence-electron chi connectivity index (χ3n) is 2.20. The quantitative estimate of drug-likeness (QED) is 0.539. The van der Waals surface area contributed by atoms with Crippen molar-refractivity contribution >= 4 is 32.2 Å². The van der Waals surface area contributed by atoms with Crippen LogP contribution in [0.4, 0.5) is 0 Å². The number of halogens is 1. The van der Waals surface area contributed by atoms with Gasteiger partial charge in [0.2, 0.25) is 0 Å². The van der Waals surface area contributed by atoms with Gasteiger partial charge in [0.05, 0.1) is 4.83 Å². The van der Waals surface area contributed by atoms with E-state index in [4.69, 9.17) is 4.43 Å². The molecule has 1 unspecified atom stereocenters. The molecule has 0 saturated heterocycles. The molecule has 0 bridgehead atoms. The van der Waals surface area contributed by atoms with Gasteiger partial charge in [0.25, 0.3) is 0 Å². The Morgan fingerprint density at radius 2 is 2.15 bits per heavy atom. The minimum atomic E-state index is -0.0396. The third kappa shape index (κ3) is 6.40. The topological polar surface area (TPSA) is 26.3 Å². The first-order chi connectivity index (χ1) is 5.89. The molecule has 0 aromatic rings. The van der Waals surface area contributed by atoms with Crippen molar-refractivity contribution in [2.45, 2.75) is 50.5 Å². The monoisotopic (exact) mass is 266 g/mol. The zero-order chi connectivity index (χ0) is 10.5. The van der Waals surface area contributed by atoms with Crippen molar-refractivity contribution < 1.29 is 9.22 Å². The predicted molar refractivity (Wildman–Crippen MR) is 62.4 cm³/mol. The van der Waals surface area contributed by atoms with E-state index in [1.807, 2.05) is 6.92 Å². The summed E-state index contributed by atoms with van der Waals surface area (Å²) in [6.07, 6.45) is 2.53. The molecule has 0 spiro atoms. The van der Waals surface area contributed by atoms with Crippen LogP contribution in [0.15, 0.2) is 0 Å². The summed E-state index contributed by atoms with van der Waals surface area (Å²) in [5.74, 6) is 0.282. The first-order valence-corrected chi connectivity index (χ1v) is 6.34. The van der Waals surface area contributed by atoms with E-state index in [1.165, 1.54) is 0 Å². The highest BCUT2D eigenvalue weighted by Crippen LogP contribution is 2.17. The molecule has 13 heavy (non-hydrogen) atoms. The van der Waals surface area contributed by atoms with Crippen LogP contribution in [0.3, 0.4) is 0 Å². The van der Waals surface area contributed by atoms with E-state index >= 15 is 0 Å². The van der Waals surface area contributed by atoms with Crippen LogP contribution in [0.5, 0.6) is 0 Å². The maximum atomic E-state index is 11.2. The van der Waals surface area contributed by atoms with Crippen LogP contribution < -0.4 is 0 Å². The van der Waals surface area contributed by atoms with Crippen molar-refractivity contribution in [3.8, 4) is 0 Å². The van der Waals surface area contributed by atoms with Gasteiger partial charge in [-0.15, -0.1) is 0 Å². The summed E-state index contributed by atoms with van der Waals surface area (Å²) >= 11 is 3.26. The van der Waals surface area contributed by atoms with Crippen LogP contribution in [0, 0.1) is 0 Å². The highest BCUT2D eigenvalue weighted by Gasteiger charge is 2.16. The van der Waals surface area contributed by atoms with Crippen molar-refractivity contribution in [1.82, 2.24) is 0 Å². The molecule has 0 radical (unpaired) electrons. The first kappa shape index (κ1) is 13.3. The van der Waals surface area contributed by atoms with Gasteiger partial charge in [0, 0.05) is 12.0 Å². The molecule has 0 aromatic carbocycles. The minimum Gasteiger partial charge on any atom is -0.423 e. The van der Waals surface area contributed by atoms with Crippen LogP contribution in [0.25, 0.3) is 0 Å². The molecule has 0 saturated carbocycles. The number of ketones is 1. The summed E-state index contributed by atoms with van der Waals surface area (Å²) < 4.78 is 5.40. The molecule has 2 nitrogen and oxygen atoms in total. The largest absolute Gasteiger partial charge is 0.423 e. The lowest BCUT2D eigenvalue weighted by molar-refractivity contribution is -0.118. The van der Waals surface area contributed by atoms with E-state index in [0.717, 1.165) is 23.3 Å². The number of hydrogen-bond donors (Lipinski definition) is 0. The predicted octanol–water partition coefficient (Wildman–Crippen LogP) is 1.58. The summed E-state index contributed by atoms with van der Waals surface area (Å²) in [4.78, 5) is 11.2. The number of carbonyl (C=O) groups is 1. The van der Waals surface area contributed by atoms with Gasteiger partial charge in [0.15, 0.2) is 0 Å². The summed E-state index contributed by atoms with van der Waals surface area (Å²) in [7, 11) is 0.763. The lowest BCUT2D eigenvalue weighted by atomic mass is 10.00. The van der Waals surface area contributed by atoms with E-state index in [0.29, 0.717) is 6.42 Å². The van der Waals surface area contributed by atoms with Crippen molar-refractivity contribution in [3.63, 3.8) is 0 Å². The molecule has 0 aliphatic carbocycles. The first-order valence-electron chi connectivity index (χ1n) is 4.61. The Bertz CT molecular complexity index is 169. The summed E-state index contributed by atoms with van der Waals surface area (Å²) in [5.41, 5.74) is -0.0396. The van der Waals surface area contributed by atoms with Crippen LogP contribution in [-0.4, -0.2) is 26.7 Å². The maximum absolute atomic E-state index is 11.2. The average Bonchev–Trinajstić information content (AvgIpc) is 2.04. The highest BCUT2D eigenvalue weighted by molar-refractivity contribution is 9.10. The molecule has 1 atom stereocenters. The summed E-state index contributed by atoms with van der Waals surface area (Å²) in [6.45, 7) is 6.01. The van der Waals surface area contributed by atoms with Gasteiger partial charge in [-0.05, 0) is 33.6 Å². The van der Waals surface area contributed by atoms with E-state index in [9.17, 15) is 4.79 Å². The number of alkyl halides is 1. The zero-order valence-electron chi connectivity index (χ0n) is 8.89. The normalized spacial score (nSPS) is 14.5. The summed E-state index contributed by atoms with van der Waals surface area (Å²) in [5, 5.41) is 0. The molecule has 4 heteroatoms. The second-order valence-corrected chi connectivity index (χ2v) is 5.68. The van der Waals surface area contributed by atoms with Crippen LogP contribution in [0.2, 0.25) is 0 Å². The van der Waals surface area contributed by atoms with Gasteiger partial charge in [-0.3, -0.25) is 4.79 Å². The smallest absolute Gasteiger partial charge is 0.146 e. The molecule has 0 amide bonds. The Hall–Kier alpha value is 0.327. The third-order valence-corrected chi connectivity index (χ3v) is 3.81. The number of carbonyl (C=O) groups excluding carboxylic acids is 1. The minimum absolute atomic E-state index is 0.00691. The molecule has 0 heterocycles. The average molecular weight is 267 g/mol. The Balaban J connectivity index is 3.62. The van der Waals surface area contributed by atoms with Gasteiger partial charge in [-0.2, -0.15) is 0 Å². The standard InChI is InChI=1S/C9H19BrO2Si/c1-7(10)8(11)5-4-6-9(2,3)12-13/h7H,4-6H2,1-3,13H3. The van der Waals surface area contributed by atoms with E-state index in [1.54, 1.807) is 0 Å². The van der Waals surface area contributed by atoms with Gasteiger partial charge >= 0.3 is 0 Å². The molecule has 0 rings (SSSR count). The van der Waals surface area contributed by atoms with E-state index in [-0.39, 0.29) is 16.2 Å². The molecule has 0 aliphatic rings. The van der Waals surface area contributed by atoms with Crippen LogP contribution in [-0.2, 0) is 9.22 Å². The van der Waals surface area contributed by atoms with Crippen molar-refractivity contribution in [3.05, 3.63) is 0 Å².